The third kappa shape index (κ3) is 4.01. The van der Waals surface area contributed by atoms with Gasteiger partial charge < -0.3 is 8.42 Å². The predicted molar refractivity (Wildman–Crippen MR) is 185 cm³/mol. The monoisotopic (exact) mass is 638 g/mol. The van der Waals surface area contributed by atoms with Crippen molar-refractivity contribution >= 4 is 73.6 Å². The number of Topliss-reactive ketones (excluding diaryl/α,β-unsaturated/α-hetero) is 2. The van der Waals surface area contributed by atoms with E-state index in [0.29, 0.717) is 30.6 Å². The third-order valence-electron chi connectivity index (χ3n) is 8.99. The Morgan fingerprint density at radius 1 is 0.511 bits per heavy atom. The summed E-state index contributed by atoms with van der Waals surface area (Å²) in [5.41, 5.74) is 4.87. The zero-order valence-electron chi connectivity index (χ0n) is 23.6. The molecule has 0 radical (unpaired) electrons. The van der Waals surface area contributed by atoms with Crippen molar-refractivity contribution in [1.82, 2.24) is 0 Å². The molecule has 4 nitrogen and oxygen atoms in total. The molecule has 0 saturated heterocycles. The first-order valence-corrected chi connectivity index (χ1v) is 17.7. The second-order valence-electron chi connectivity index (χ2n) is 11.5. The van der Waals surface area contributed by atoms with Gasteiger partial charge in [-0.3, -0.25) is 9.59 Å². The highest BCUT2D eigenvalue weighted by Gasteiger charge is 2.26. The Morgan fingerprint density at radius 2 is 0.933 bits per heavy atom. The molecule has 0 saturated carbocycles. The molecule has 0 bridgehead atoms. The summed E-state index contributed by atoms with van der Waals surface area (Å²) in [6.45, 7) is 0. The number of hydrogen-bond acceptors (Lipinski definition) is 7. The van der Waals surface area contributed by atoms with E-state index in [0.717, 1.165) is 42.4 Å². The zero-order chi connectivity index (χ0) is 30.4. The minimum Gasteiger partial charge on any atom is -0.457 e. The molecule has 0 N–H and O–H groups in total. The van der Waals surface area contributed by atoms with Gasteiger partial charge in [0.25, 0.3) is 0 Å². The SMILES string of the molecule is O=C1c2cc(-c3ccc4c(c3)sc3cc(-c5ccc6c(c5)C(=O)C5C=CC=CC5=[S-]6=O)ccc34)ccc2[S-](=O)=C2C=CC=CC12. The van der Waals surface area contributed by atoms with Crippen LogP contribution in [0.2, 0.25) is 0 Å². The van der Waals surface area contributed by atoms with Crippen molar-refractivity contribution in [2.45, 2.75) is 9.79 Å². The lowest BCUT2D eigenvalue weighted by Crippen LogP contribution is -2.29. The molecule has 5 aromatic rings. The molecule has 45 heavy (non-hydrogen) atoms. The smallest absolute Gasteiger partial charge is 0.170 e. The molecule has 2 aliphatic carbocycles. The maximum absolute atomic E-state index is 13.4. The van der Waals surface area contributed by atoms with Crippen molar-refractivity contribution in [2.75, 3.05) is 0 Å². The van der Waals surface area contributed by atoms with Crippen LogP contribution in [-0.2, 0) is 29.2 Å². The Kier molecular flexibility index (Phi) is 5.94. The molecule has 2 unspecified atom stereocenters. The number of ketones is 2. The Labute approximate surface area is 266 Å². The molecule has 0 amide bonds. The van der Waals surface area contributed by atoms with E-state index in [9.17, 15) is 18.0 Å². The van der Waals surface area contributed by atoms with Crippen LogP contribution >= 0.6 is 11.3 Å². The Morgan fingerprint density at radius 3 is 1.40 bits per heavy atom. The summed E-state index contributed by atoms with van der Waals surface area (Å²) in [5, 5.41) is 2.30. The van der Waals surface area contributed by atoms with Gasteiger partial charge in [0.1, 0.15) is 0 Å². The van der Waals surface area contributed by atoms with Gasteiger partial charge in [-0.2, -0.15) is 0 Å². The lowest BCUT2D eigenvalue weighted by molar-refractivity contribution is 0.0961. The van der Waals surface area contributed by atoms with E-state index >= 15 is 0 Å². The summed E-state index contributed by atoms with van der Waals surface area (Å²) in [4.78, 5) is 29.2. The van der Waals surface area contributed by atoms with Crippen LogP contribution in [0.3, 0.4) is 0 Å². The molecule has 9 rings (SSSR count). The van der Waals surface area contributed by atoms with Gasteiger partial charge >= 0.3 is 0 Å². The largest absolute Gasteiger partial charge is 0.457 e. The Hall–Kier alpha value is -4.56. The topological polar surface area (TPSA) is 68.3 Å². The molecule has 4 aromatic carbocycles. The molecular weight excluding hydrogens is 617 g/mol. The molecule has 0 spiro atoms. The second kappa shape index (κ2) is 9.97. The van der Waals surface area contributed by atoms with Gasteiger partial charge in [0, 0.05) is 43.1 Å². The van der Waals surface area contributed by atoms with Crippen molar-refractivity contribution in [2.24, 2.45) is 11.8 Å². The summed E-state index contributed by atoms with van der Waals surface area (Å²) in [6.07, 6.45) is 14.6. The molecule has 2 atom stereocenters. The number of benzene rings is 4. The summed E-state index contributed by atoms with van der Waals surface area (Å²) in [6, 6.07) is 24.0. The van der Waals surface area contributed by atoms with E-state index in [1.54, 1.807) is 23.5 Å². The minimum absolute atomic E-state index is 0.0155. The maximum atomic E-state index is 13.4. The highest BCUT2D eigenvalue weighted by atomic mass is 32.2. The van der Waals surface area contributed by atoms with Gasteiger partial charge in [-0.1, -0.05) is 97.1 Å². The standard InChI is InChI=1S/C38H22O4S3/c39-37-27-5-1-3-7-33(27)44(41)35-15-11-21(17-29(35)37)23-9-13-25-26-14-10-24(20-32(26)43-31(25)19-23)22-12-16-36-30(18-22)38(40)28-6-2-4-8-34(28)45(36)42/h1-20,27-28H/q-2. The average Bonchev–Trinajstić information content (AvgIpc) is 3.46. The van der Waals surface area contributed by atoms with Crippen LogP contribution in [0, 0.1) is 11.8 Å². The van der Waals surface area contributed by atoms with Crippen molar-refractivity contribution < 1.29 is 18.0 Å². The Bertz CT molecular complexity index is 2350. The molecule has 2 aliphatic heterocycles. The number of carbonyl (C=O) groups is 2. The number of hydrogen-bond donors (Lipinski definition) is 0. The van der Waals surface area contributed by atoms with Crippen LogP contribution in [-0.4, -0.2) is 21.3 Å². The van der Waals surface area contributed by atoms with Gasteiger partial charge in [-0.05, 0) is 46.5 Å². The van der Waals surface area contributed by atoms with Crippen LogP contribution in [0.1, 0.15) is 20.7 Å². The molecule has 7 heteroatoms. The number of carbonyl (C=O) groups excluding carboxylic acids is 2. The van der Waals surface area contributed by atoms with Crippen LogP contribution in [0.15, 0.2) is 131 Å². The fraction of sp³-hybridized carbons (Fsp3) is 0.0526. The van der Waals surface area contributed by atoms with Gasteiger partial charge in [0.2, 0.25) is 0 Å². The quantitative estimate of drug-likeness (QED) is 0.144. The van der Waals surface area contributed by atoms with Gasteiger partial charge in [0.05, 0.1) is 0 Å². The summed E-state index contributed by atoms with van der Waals surface area (Å²) in [7, 11) is -2.71. The summed E-state index contributed by atoms with van der Waals surface area (Å²) < 4.78 is 28.7. The van der Waals surface area contributed by atoms with E-state index in [2.05, 4.69) is 36.4 Å². The molecule has 218 valence electrons. The van der Waals surface area contributed by atoms with Crippen LogP contribution in [0.4, 0.5) is 0 Å². The van der Waals surface area contributed by atoms with Crippen molar-refractivity contribution in [1.29, 1.82) is 0 Å². The lowest BCUT2D eigenvalue weighted by Gasteiger charge is -2.30. The highest BCUT2D eigenvalue weighted by Crippen LogP contribution is 2.40. The molecule has 0 fully saturated rings. The first-order valence-electron chi connectivity index (χ1n) is 14.6. The van der Waals surface area contributed by atoms with E-state index in [1.165, 1.54) is 0 Å². The van der Waals surface area contributed by atoms with Gasteiger partial charge in [-0.25, -0.2) is 20.8 Å². The van der Waals surface area contributed by atoms with Crippen LogP contribution in [0.5, 0.6) is 0 Å². The predicted octanol–water partition coefficient (Wildman–Crippen LogP) is 8.26. The molecule has 3 heterocycles. The molecule has 1 aromatic heterocycles. The first kappa shape index (κ1) is 26.8. The van der Waals surface area contributed by atoms with Crippen molar-refractivity contribution in [3.05, 3.63) is 133 Å². The van der Waals surface area contributed by atoms with Gasteiger partial charge in [0.15, 0.2) is 11.6 Å². The van der Waals surface area contributed by atoms with E-state index < -0.39 is 32.6 Å². The zero-order valence-corrected chi connectivity index (χ0v) is 26.0. The van der Waals surface area contributed by atoms with Crippen LogP contribution < -0.4 is 0 Å². The van der Waals surface area contributed by atoms with E-state index in [1.807, 2.05) is 72.9 Å². The average molecular weight is 639 g/mol. The van der Waals surface area contributed by atoms with Gasteiger partial charge in [-0.15, -0.1) is 30.9 Å². The molecule has 4 aliphatic rings. The minimum atomic E-state index is -1.36. The normalized spacial score (nSPS) is 20.5. The fourth-order valence-electron chi connectivity index (χ4n) is 6.69. The fourth-order valence-corrected chi connectivity index (χ4v) is 10.7. The van der Waals surface area contributed by atoms with Crippen molar-refractivity contribution in [3.63, 3.8) is 0 Å². The first-order chi connectivity index (χ1) is 22.0. The number of thiophene rings is 1. The Balaban J connectivity index is 1.10. The number of allylic oxidation sites excluding steroid dienone is 8. The van der Waals surface area contributed by atoms with Crippen LogP contribution in [0.25, 0.3) is 42.4 Å². The highest BCUT2D eigenvalue weighted by molar-refractivity contribution is 7.86. The maximum Gasteiger partial charge on any atom is 0.170 e. The number of rotatable bonds is 2. The lowest BCUT2D eigenvalue weighted by atomic mass is 9.89. The molecular formula is C38H22O4S3-2. The summed E-state index contributed by atoms with van der Waals surface area (Å²) in [5.74, 6) is -0.966. The number of fused-ring (bicyclic) bond motifs is 7. The summed E-state index contributed by atoms with van der Waals surface area (Å²) >= 11 is 1.70. The van der Waals surface area contributed by atoms with E-state index in [-0.39, 0.29) is 11.6 Å². The van der Waals surface area contributed by atoms with E-state index in [4.69, 9.17) is 0 Å². The second-order valence-corrected chi connectivity index (χ2v) is 15.4. The third-order valence-corrected chi connectivity index (χ3v) is 13.2. The van der Waals surface area contributed by atoms with Crippen molar-refractivity contribution in [3.8, 4) is 22.3 Å².